The third kappa shape index (κ3) is 3.10. The Morgan fingerprint density at radius 3 is 2.89 bits per heavy atom. The van der Waals surface area contributed by atoms with E-state index in [9.17, 15) is 4.79 Å². The maximum atomic E-state index is 11.5. The second-order valence-corrected chi connectivity index (χ2v) is 5.87. The lowest BCUT2D eigenvalue weighted by Gasteiger charge is -2.20. The van der Waals surface area contributed by atoms with Crippen LogP contribution in [0.25, 0.3) is 0 Å². The van der Waals surface area contributed by atoms with E-state index in [2.05, 4.69) is 4.90 Å². The molecule has 0 spiro atoms. The van der Waals surface area contributed by atoms with Crippen LogP contribution >= 0.6 is 11.3 Å². The molecule has 1 aliphatic carbocycles. The van der Waals surface area contributed by atoms with Gasteiger partial charge in [-0.1, -0.05) is 0 Å². The molecule has 4 nitrogen and oxygen atoms in total. The Kier molecular flexibility index (Phi) is 4.37. The van der Waals surface area contributed by atoms with Crippen LogP contribution in [0.2, 0.25) is 0 Å². The molecule has 0 bridgehead atoms. The number of aliphatic hydroxyl groups excluding tert-OH is 1. The van der Waals surface area contributed by atoms with Gasteiger partial charge in [-0.25, -0.2) is 4.79 Å². The van der Waals surface area contributed by atoms with E-state index >= 15 is 0 Å². The molecule has 18 heavy (non-hydrogen) atoms. The smallest absolute Gasteiger partial charge is 0.348 e. The first-order chi connectivity index (χ1) is 8.65. The predicted molar refractivity (Wildman–Crippen MR) is 70.9 cm³/mol. The summed E-state index contributed by atoms with van der Waals surface area (Å²) in [6.45, 7) is 3.72. The molecule has 0 aliphatic heterocycles. The van der Waals surface area contributed by atoms with Crippen LogP contribution in [0.3, 0.4) is 0 Å². The van der Waals surface area contributed by atoms with Crippen molar-refractivity contribution in [3.8, 4) is 0 Å². The van der Waals surface area contributed by atoms with Crippen LogP contribution in [0.1, 0.15) is 33.0 Å². The second kappa shape index (κ2) is 5.82. The Balaban J connectivity index is 2.07. The fraction of sp³-hybridized carbons (Fsp3) is 0.615. The molecule has 5 heteroatoms. The number of methoxy groups -OCH3 is 1. The third-order valence-electron chi connectivity index (χ3n) is 3.23. The number of ether oxygens (including phenoxy) is 1. The topological polar surface area (TPSA) is 49.8 Å². The summed E-state index contributed by atoms with van der Waals surface area (Å²) in [7, 11) is 1.40. The summed E-state index contributed by atoms with van der Waals surface area (Å²) >= 11 is 1.48. The monoisotopic (exact) mass is 269 g/mol. The lowest BCUT2D eigenvalue weighted by molar-refractivity contribution is 0.0606. The highest BCUT2D eigenvalue weighted by atomic mass is 32.1. The minimum Gasteiger partial charge on any atom is -0.465 e. The van der Waals surface area contributed by atoms with Crippen molar-refractivity contribution >= 4 is 17.3 Å². The standard InChI is InChI=1S/C13H19NO3S/c1-9-10(7-12(18-9)13(16)17-2)8-14(5-6-15)11-3-4-11/h7,11,15H,3-6,8H2,1-2H3. The molecule has 2 rings (SSSR count). The molecule has 1 heterocycles. The summed E-state index contributed by atoms with van der Waals surface area (Å²) in [6, 6.07) is 2.52. The number of aryl methyl sites for hydroxylation is 1. The SMILES string of the molecule is COC(=O)c1cc(CN(CCO)C2CC2)c(C)s1. The van der Waals surface area contributed by atoms with Crippen LogP contribution in [-0.2, 0) is 11.3 Å². The highest BCUT2D eigenvalue weighted by molar-refractivity contribution is 7.14. The summed E-state index contributed by atoms with van der Waals surface area (Å²) in [6.07, 6.45) is 2.43. The van der Waals surface area contributed by atoms with Gasteiger partial charge in [0.2, 0.25) is 0 Å². The number of carbonyl (C=O) groups is 1. The molecular weight excluding hydrogens is 250 g/mol. The first kappa shape index (κ1) is 13.5. The Morgan fingerprint density at radius 2 is 2.33 bits per heavy atom. The molecule has 100 valence electrons. The molecule has 1 N–H and O–H groups in total. The first-order valence-corrected chi connectivity index (χ1v) is 7.00. The lowest BCUT2D eigenvalue weighted by Crippen LogP contribution is -2.28. The van der Waals surface area contributed by atoms with E-state index in [1.165, 1.54) is 36.9 Å². The molecule has 0 amide bonds. The molecular formula is C13H19NO3S. The van der Waals surface area contributed by atoms with Crippen molar-refractivity contribution in [2.24, 2.45) is 0 Å². The van der Waals surface area contributed by atoms with Gasteiger partial charge in [0.15, 0.2) is 0 Å². The number of hydrogen-bond donors (Lipinski definition) is 1. The van der Waals surface area contributed by atoms with Crippen LogP contribution in [0.4, 0.5) is 0 Å². The zero-order valence-electron chi connectivity index (χ0n) is 10.8. The van der Waals surface area contributed by atoms with Crippen molar-refractivity contribution in [2.75, 3.05) is 20.3 Å². The molecule has 1 aromatic rings. The van der Waals surface area contributed by atoms with E-state index < -0.39 is 0 Å². The van der Waals surface area contributed by atoms with Crippen LogP contribution in [0.5, 0.6) is 0 Å². The molecule has 0 atom stereocenters. The molecule has 1 fully saturated rings. The van der Waals surface area contributed by atoms with Gasteiger partial charge in [-0.3, -0.25) is 4.90 Å². The summed E-state index contributed by atoms with van der Waals surface area (Å²) in [5.74, 6) is -0.269. The average molecular weight is 269 g/mol. The molecule has 0 aromatic carbocycles. The maximum Gasteiger partial charge on any atom is 0.348 e. The van der Waals surface area contributed by atoms with Crippen molar-refractivity contribution in [1.29, 1.82) is 0 Å². The number of hydrogen-bond acceptors (Lipinski definition) is 5. The van der Waals surface area contributed by atoms with E-state index in [0.717, 1.165) is 11.4 Å². The van der Waals surface area contributed by atoms with Gasteiger partial charge < -0.3 is 9.84 Å². The molecule has 1 aliphatic rings. The Hall–Kier alpha value is -0.910. The van der Waals surface area contributed by atoms with E-state index in [4.69, 9.17) is 9.84 Å². The van der Waals surface area contributed by atoms with Crippen molar-refractivity contribution < 1.29 is 14.6 Å². The molecule has 1 saturated carbocycles. The molecule has 0 saturated heterocycles. The van der Waals surface area contributed by atoms with Crippen LogP contribution in [0, 0.1) is 6.92 Å². The lowest BCUT2D eigenvalue weighted by atomic mass is 10.2. The van der Waals surface area contributed by atoms with Gasteiger partial charge in [-0.15, -0.1) is 11.3 Å². The zero-order valence-corrected chi connectivity index (χ0v) is 11.6. The van der Waals surface area contributed by atoms with E-state index in [0.29, 0.717) is 17.5 Å². The average Bonchev–Trinajstić information content (AvgIpc) is 3.14. The van der Waals surface area contributed by atoms with E-state index in [-0.39, 0.29) is 12.6 Å². The number of aliphatic hydroxyl groups is 1. The van der Waals surface area contributed by atoms with Gasteiger partial charge in [-0.05, 0) is 31.4 Å². The van der Waals surface area contributed by atoms with E-state index in [1.54, 1.807) is 0 Å². The van der Waals surface area contributed by atoms with Crippen LogP contribution in [-0.4, -0.2) is 42.3 Å². The molecule has 0 unspecified atom stereocenters. The maximum absolute atomic E-state index is 11.5. The van der Waals surface area contributed by atoms with Gasteiger partial charge in [0, 0.05) is 24.0 Å². The predicted octanol–water partition coefficient (Wildman–Crippen LogP) is 1.80. The van der Waals surface area contributed by atoms with Gasteiger partial charge in [-0.2, -0.15) is 0 Å². The highest BCUT2D eigenvalue weighted by Gasteiger charge is 2.29. The van der Waals surface area contributed by atoms with Crippen molar-refractivity contribution in [3.05, 3.63) is 21.4 Å². The normalized spacial score (nSPS) is 15.1. The second-order valence-electron chi connectivity index (χ2n) is 4.61. The highest BCUT2D eigenvalue weighted by Crippen LogP contribution is 2.30. The number of carbonyl (C=O) groups excluding carboxylic acids is 1. The van der Waals surface area contributed by atoms with Crippen LogP contribution < -0.4 is 0 Å². The van der Waals surface area contributed by atoms with Gasteiger partial charge in [0.05, 0.1) is 13.7 Å². The zero-order chi connectivity index (χ0) is 13.1. The Morgan fingerprint density at radius 1 is 1.61 bits per heavy atom. The third-order valence-corrected chi connectivity index (χ3v) is 4.30. The van der Waals surface area contributed by atoms with Crippen molar-refractivity contribution in [1.82, 2.24) is 4.90 Å². The number of nitrogens with zero attached hydrogens (tertiary/aromatic N) is 1. The summed E-state index contributed by atoms with van der Waals surface area (Å²) in [5.41, 5.74) is 1.17. The first-order valence-electron chi connectivity index (χ1n) is 6.18. The number of thiophene rings is 1. The molecule has 1 aromatic heterocycles. The summed E-state index contributed by atoms with van der Waals surface area (Å²) in [4.78, 5) is 15.6. The minimum absolute atomic E-state index is 0.184. The molecule has 0 radical (unpaired) electrons. The van der Waals surface area contributed by atoms with Gasteiger partial charge in [0.25, 0.3) is 0 Å². The fourth-order valence-corrected chi connectivity index (χ4v) is 3.01. The van der Waals surface area contributed by atoms with Crippen LogP contribution in [0.15, 0.2) is 6.07 Å². The van der Waals surface area contributed by atoms with Crippen molar-refractivity contribution in [2.45, 2.75) is 32.4 Å². The van der Waals surface area contributed by atoms with Gasteiger partial charge in [0.1, 0.15) is 4.88 Å². The quantitative estimate of drug-likeness (QED) is 0.800. The fourth-order valence-electron chi connectivity index (χ4n) is 2.06. The minimum atomic E-state index is -0.269. The summed E-state index contributed by atoms with van der Waals surface area (Å²) < 4.78 is 4.73. The largest absolute Gasteiger partial charge is 0.465 e. The van der Waals surface area contributed by atoms with E-state index in [1.807, 2.05) is 13.0 Å². The van der Waals surface area contributed by atoms with Crippen molar-refractivity contribution in [3.63, 3.8) is 0 Å². The number of esters is 1. The summed E-state index contributed by atoms with van der Waals surface area (Å²) in [5, 5.41) is 9.08. The Labute approximate surface area is 111 Å². The van der Waals surface area contributed by atoms with Gasteiger partial charge >= 0.3 is 5.97 Å². The Bertz CT molecular complexity index is 426. The number of rotatable bonds is 6.